The standard InChI is InChI=1S/C25H22N3OS.ClH/c1-16-12-13-22(29-3)21(14-16)26-25-27-28(2)24(30-25)23-19-10-6-4-8-17(19)15-18-9-5-7-11-20(18)23;/h4-15H,1-3H3,(H,26,27);1H/q+1;/p-1. The van der Waals surface area contributed by atoms with Crippen LogP contribution < -0.4 is 27.1 Å². The van der Waals surface area contributed by atoms with Gasteiger partial charge in [-0.05, 0) is 63.6 Å². The zero-order valence-corrected chi connectivity index (χ0v) is 19.1. The average Bonchev–Trinajstić information content (AvgIpc) is 3.11. The quantitative estimate of drug-likeness (QED) is 0.340. The van der Waals surface area contributed by atoms with E-state index in [2.05, 4.69) is 72.9 Å². The minimum atomic E-state index is 0. The molecule has 1 heterocycles. The minimum Gasteiger partial charge on any atom is -1.00 e. The highest BCUT2D eigenvalue weighted by Crippen LogP contribution is 2.39. The molecule has 5 aromatic rings. The molecule has 0 spiro atoms. The third-order valence-electron chi connectivity index (χ3n) is 5.31. The summed E-state index contributed by atoms with van der Waals surface area (Å²) in [5.41, 5.74) is 3.30. The van der Waals surface area contributed by atoms with Gasteiger partial charge >= 0.3 is 0 Å². The number of aryl methyl sites for hydroxylation is 2. The van der Waals surface area contributed by atoms with Crippen LogP contribution in [0.5, 0.6) is 5.75 Å². The summed E-state index contributed by atoms with van der Waals surface area (Å²) in [4.78, 5) is 0. The third-order valence-corrected chi connectivity index (χ3v) is 6.35. The Morgan fingerprint density at radius 3 is 2.19 bits per heavy atom. The average molecular weight is 448 g/mol. The highest BCUT2D eigenvalue weighted by atomic mass is 35.5. The number of anilines is 2. The number of hydrogen-bond acceptors (Lipinski definition) is 4. The lowest BCUT2D eigenvalue weighted by Crippen LogP contribution is -3.00. The molecular weight excluding hydrogens is 426 g/mol. The predicted molar refractivity (Wildman–Crippen MR) is 125 cm³/mol. The van der Waals surface area contributed by atoms with E-state index in [0.717, 1.165) is 21.6 Å². The van der Waals surface area contributed by atoms with Gasteiger partial charge in [-0.25, -0.2) is 0 Å². The molecule has 4 aromatic carbocycles. The maximum atomic E-state index is 5.52. The van der Waals surface area contributed by atoms with E-state index < -0.39 is 0 Å². The summed E-state index contributed by atoms with van der Waals surface area (Å²) in [5, 5.41) is 15.1. The van der Waals surface area contributed by atoms with Crippen molar-refractivity contribution >= 4 is 43.7 Å². The van der Waals surface area contributed by atoms with E-state index in [9.17, 15) is 0 Å². The molecule has 0 fully saturated rings. The first-order valence-electron chi connectivity index (χ1n) is 9.84. The fraction of sp³-hybridized carbons (Fsp3) is 0.120. The lowest BCUT2D eigenvalue weighted by Gasteiger charge is -2.08. The molecule has 31 heavy (non-hydrogen) atoms. The number of ether oxygens (including phenoxy) is 1. The Bertz CT molecular complexity index is 1340. The van der Waals surface area contributed by atoms with Crippen LogP contribution in [-0.2, 0) is 7.05 Å². The molecule has 5 rings (SSSR count). The van der Waals surface area contributed by atoms with Gasteiger partial charge in [0.05, 0.1) is 18.4 Å². The van der Waals surface area contributed by atoms with Crippen molar-refractivity contribution < 1.29 is 21.8 Å². The van der Waals surface area contributed by atoms with Crippen LogP contribution in [0, 0.1) is 6.92 Å². The number of nitrogens with zero attached hydrogens (tertiary/aromatic N) is 2. The summed E-state index contributed by atoms with van der Waals surface area (Å²) < 4.78 is 7.48. The SMILES string of the molecule is COc1ccc(C)cc1Nc1n[n+](C)c(-c2c3ccccc3cc3ccccc23)s1.[Cl-]. The first-order chi connectivity index (χ1) is 14.6. The number of aromatic nitrogens is 2. The molecule has 0 aliphatic rings. The molecule has 4 nitrogen and oxygen atoms in total. The summed E-state index contributed by atoms with van der Waals surface area (Å²) in [5.74, 6) is 0.801. The first kappa shape index (κ1) is 21.1. The Morgan fingerprint density at radius 2 is 1.55 bits per heavy atom. The van der Waals surface area contributed by atoms with Gasteiger partial charge in [0, 0.05) is 5.10 Å². The summed E-state index contributed by atoms with van der Waals surface area (Å²) in [6.45, 7) is 2.07. The van der Waals surface area contributed by atoms with Crippen molar-refractivity contribution in [3.05, 3.63) is 78.4 Å². The molecule has 1 aromatic heterocycles. The van der Waals surface area contributed by atoms with Crippen molar-refractivity contribution in [2.24, 2.45) is 7.05 Å². The fourth-order valence-corrected chi connectivity index (χ4v) is 4.90. The summed E-state index contributed by atoms with van der Waals surface area (Å²) in [7, 11) is 3.69. The van der Waals surface area contributed by atoms with Crippen molar-refractivity contribution in [2.75, 3.05) is 12.4 Å². The predicted octanol–water partition coefficient (Wildman–Crippen LogP) is 3.01. The molecule has 0 atom stereocenters. The second-order valence-corrected chi connectivity index (χ2v) is 8.34. The van der Waals surface area contributed by atoms with E-state index in [1.807, 2.05) is 23.9 Å². The Balaban J connectivity index is 0.00000231. The Kier molecular flexibility index (Phi) is 5.81. The summed E-state index contributed by atoms with van der Waals surface area (Å²) in [6.07, 6.45) is 0. The van der Waals surface area contributed by atoms with E-state index in [4.69, 9.17) is 9.84 Å². The van der Waals surface area contributed by atoms with Crippen molar-refractivity contribution in [3.63, 3.8) is 0 Å². The second kappa shape index (κ2) is 8.53. The molecule has 0 saturated carbocycles. The molecule has 0 aliphatic carbocycles. The molecule has 0 saturated heterocycles. The fourth-order valence-electron chi connectivity index (χ4n) is 3.90. The highest BCUT2D eigenvalue weighted by Gasteiger charge is 2.23. The zero-order valence-electron chi connectivity index (χ0n) is 17.5. The topological polar surface area (TPSA) is 38.0 Å². The van der Waals surface area contributed by atoms with Crippen LogP contribution in [0.4, 0.5) is 10.8 Å². The van der Waals surface area contributed by atoms with Gasteiger partial charge in [0.1, 0.15) is 5.75 Å². The molecule has 0 unspecified atom stereocenters. The number of rotatable bonds is 4. The summed E-state index contributed by atoms with van der Waals surface area (Å²) >= 11 is 1.65. The van der Waals surface area contributed by atoms with Crippen LogP contribution in [0.25, 0.3) is 32.1 Å². The minimum absolute atomic E-state index is 0. The van der Waals surface area contributed by atoms with Gasteiger partial charge in [0.2, 0.25) is 0 Å². The van der Waals surface area contributed by atoms with E-state index in [0.29, 0.717) is 0 Å². The first-order valence-corrected chi connectivity index (χ1v) is 10.7. The van der Waals surface area contributed by atoms with Crippen LogP contribution in [0.3, 0.4) is 0 Å². The van der Waals surface area contributed by atoms with Gasteiger partial charge in [-0.3, -0.25) is 0 Å². The highest BCUT2D eigenvalue weighted by molar-refractivity contribution is 7.18. The van der Waals surface area contributed by atoms with Crippen LogP contribution in [0.2, 0.25) is 0 Å². The maximum absolute atomic E-state index is 5.52. The molecule has 0 aliphatic heterocycles. The molecule has 1 N–H and O–H groups in total. The molecule has 156 valence electrons. The molecule has 0 bridgehead atoms. The van der Waals surface area contributed by atoms with Crippen molar-refractivity contribution in [2.45, 2.75) is 6.92 Å². The molecule has 0 radical (unpaired) electrons. The number of hydrogen-bond donors (Lipinski definition) is 1. The van der Waals surface area contributed by atoms with Crippen LogP contribution in [0.1, 0.15) is 5.56 Å². The van der Waals surface area contributed by atoms with E-state index >= 15 is 0 Å². The van der Waals surface area contributed by atoms with Crippen LogP contribution in [-0.4, -0.2) is 12.2 Å². The van der Waals surface area contributed by atoms with Gasteiger partial charge < -0.3 is 22.5 Å². The second-order valence-electron chi connectivity index (χ2n) is 7.36. The molecule has 6 heteroatoms. The van der Waals surface area contributed by atoms with Crippen LogP contribution >= 0.6 is 11.3 Å². The van der Waals surface area contributed by atoms with Gasteiger partial charge in [-0.1, -0.05) is 59.3 Å². The van der Waals surface area contributed by atoms with Gasteiger partial charge in [-0.2, -0.15) is 0 Å². The number of nitrogens with one attached hydrogen (secondary N) is 1. The smallest absolute Gasteiger partial charge is 0.299 e. The molecular formula is C25H22ClN3OS. The van der Waals surface area contributed by atoms with E-state index in [-0.39, 0.29) is 12.4 Å². The van der Waals surface area contributed by atoms with Gasteiger partial charge in [0.15, 0.2) is 7.05 Å². The lowest BCUT2D eigenvalue weighted by molar-refractivity contribution is -0.714. The van der Waals surface area contributed by atoms with E-state index in [1.165, 1.54) is 32.7 Å². The molecule has 0 amide bonds. The van der Waals surface area contributed by atoms with Crippen molar-refractivity contribution in [1.82, 2.24) is 5.10 Å². The van der Waals surface area contributed by atoms with E-state index in [1.54, 1.807) is 18.4 Å². The Morgan fingerprint density at radius 1 is 0.903 bits per heavy atom. The number of halogens is 1. The normalized spacial score (nSPS) is 10.8. The Labute approximate surface area is 191 Å². The van der Waals surface area contributed by atoms with Gasteiger partial charge in [0.25, 0.3) is 10.1 Å². The lowest BCUT2D eigenvalue weighted by atomic mass is 9.97. The number of benzene rings is 4. The van der Waals surface area contributed by atoms with Crippen molar-refractivity contribution in [1.29, 1.82) is 0 Å². The zero-order chi connectivity index (χ0) is 20.7. The van der Waals surface area contributed by atoms with Crippen LogP contribution in [0.15, 0.2) is 72.8 Å². The monoisotopic (exact) mass is 447 g/mol. The maximum Gasteiger partial charge on any atom is 0.299 e. The van der Waals surface area contributed by atoms with Gasteiger partial charge in [-0.15, -0.1) is 0 Å². The van der Waals surface area contributed by atoms with Crippen molar-refractivity contribution in [3.8, 4) is 16.3 Å². The Hall–Kier alpha value is -3.15. The largest absolute Gasteiger partial charge is 1.00 e. The number of fused-ring (bicyclic) bond motifs is 2. The number of methoxy groups -OCH3 is 1. The third kappa shape index (κ3) is 3.82. The summed E-state index contributed by atoms with van der Waals surface area (Å²) in [6, 6.07) is 25.4.